The normalized spacial score (nSPS) is 10.6. The lowest BCUT2D eigenvalue weighted by molar-refractivity contribution is 1.58. The first-order valence-electron chi connectivity index (χ1n) is 8.62. The van der Waals surface area contributed by atoms with Crippen LogP contribution in [-0.4, -0.2) is 7.85 Å². The van der Waals surface area contributed by atoms with Crippen LogP contribution >= 0.6 is 0 Å². The zero-order valence-corrected chi connectivity index (χ0v) is 14.3. The number of hydrogen-bond acceptors (Lipinski definition) is 0. The van der Waals surface area contributed by atoms with Gasteiger partial charge in [0.25, 0.3) is 0 Å². The monoisotopic (exact) mass is 318 g/mol. The molecule has 0 unspecified atom stereocenters. The van der Waals surface area contributed by atoms with Gasteiger partial charge in [-0.3, -0.25) is 0 Å². The molecular formula is C24H19B. The van der Waals surface area contributed by atoms with Gasteiger partial charge in [-0.1, -0.05) is 103 Å². The van der Waals surface area contributed by atoms with Crippen molar-refractivity contribution in [2.75, 3.05) is 0 Å². The van der Waals surface area contributed by atoms with Crippen LogP contribution in [0.25, 0.3) is 33.4 Å². The van der Waals surface area contributed by atoms with Gasteiger partial charge in [-0.05, 0) is 39.4 Å². The topological polar surface area (TPSA) is 0 Å². The van der Waals surface area contributed by atoms with Gasteiger partial charge in [0, 0.05) is 0 Å². The summed E-state index contributed by atoms with van der Waals surface area (Å²) >= 11 is 0. The van der Waals surface area contributed by atoms with E-state index in [1.165, 1.54) is 38.8 Å². The minimum Gasteiger partial charge on any atom is -0.0884 e. The van der Waals surface area contributed by atoms with E-state index in [2.05, 4.69) is 111 Å². The number of hydrogen-bond donors (Lipinski definition) is 0. The van der Waals surface area contributed by atoms with Crippen LogP contribution in [0.4, 0.5) is 0 Å². The molecular weight excluding hydrogens is 299 g/mol. The van der Waals surface area contributed by atoms with E-state index < -0.39 is 0 Å². The fourth-order valence-corrected chi connectivity index (χ4v) is 3.19. The summed E-state index contributed by atoms with van der Waals surface area (Å²) in [4.78, 5) is 0. The molecule has 1 heteroatoms. The highest BCUT2D eigenvalue weighted by atomic mass is 14.1. The molecule has 0 heterocycles. The first-order chi connectivity index (χ1) is 12.3. The van der Waals surface area contributed by atoms with E-state index in [0.717, 1.165) is 0 Å². The molecule has 0 spiro atoms. The molecule has 118 valence electrons. The molecule has 0 saturated heterocycles. The van der Waals surface area contributed by atoms with E-state index in [0.29, 0.717) is 0 Å². The Morgan fingerprint density at radius 2 is 0.800 bits per heavy atom. The molecule has 4 rings (SSSR count). The molecule has 0 radical (unpaired) electrons. The Balaban J connectivity index is 1.67. The van der Waals surface area contributed by atoms with Gasteiger partial charge < -0.3 is 0 Å². The Bertz CT molecular complexity index is 986. The minimum atomic E-state index is 1.24. The summed E-state index contributed by atoms with van der Waals surface area (Å²) in [5.41, 5.74) is 8.81. The smallest absolute Gasteiger partial charge is 0.0884 e. The van der Waals surface area contributed by atoms with Gasteiger partial charge >= 0.3 is 0 Å². The number of benzene rings is 4. The second kappa shape index (κ2) is 6.82. The zero-order chi connectivity index (χ0) is 17.1. The summed E-state index contributed by atoms with van der Waals surface area (Å²) < 4.78 is 0. The first kappa shape index (κ1) is 15.5. The van der Waals surface area contributed by atoms with Crippen LogP contribution in [-0.2, 0) is 0 Å². The van der Waals surface area contributed by atoms with Crippen molar-refractivity contribution in [1.82, 2.24) is 0 Å². The summed E-state index contributed by atoms with van der Waals surface area (Å²) in [6, 6.07) is 36.7. The Morgan fingerprint density at radius 1 is 0.360 bits per heavy atom. The van der Waals surface area contributed by atoms with Gasteiger partial charge in [0.15, 0.2) is 0 Å². The van der Waals surface area contributed by atoms with E-state index in [9.17, 15) is 0 Å². The quantitative estimate of drug-likeness (QED) is 0.469. The Hall–Kier alpha value is -3.06. The zero-order valence-electron chi connectivity index (χ0n) is 14.3. The van der Waals surface area contributed by atoms with Crippen LogP contribution < -0.4 is 5.46 Å². The van der Waals surface area contributed by atoms with E-state index >= 15 is 0 Å². The first-order valence-corrected chi connectivity index (χ1v) is 8.62. The molecule has 4 aromatic carbocycles. The van der Waals surface area contributed by atoms with Gasteiger partial charge in [0.1, 0.15) is 7.85 Å². The predicted molar refractivity (Wildman–Crippen MR) is 111 cm³/mol. The van der Waals surface area contributed by atoms with Crippen LogP contribution in [0.5, 0.6) is 0 Å². The van der Waals surface area contributed by atoms with Crippen molar-refractivity contribution in [3.8, 4) is 33.4 Å². The highest BCUT2D eigenvalue weighted by molar-refractivity contribution is 6.32. The second-order valence-electron chi connectivity index (χ2n) is 6.39. The average molecular weight is 318 g/mol. The lowest BCUT2D eigenvalue weighted by atomic mass is 9.91. The molecule has 25 heavy (non-hydrogen) atoms. The highest BCUT2D eigenvalue weighted by Crippen LogP contribution is 2.28. The van der Waals surface area contributed by atoms with E-state index in [1.54, 1.807) is 0 Å². The maximum Gasteiger partial charge on any atom is 0.139 e. The van der Waals surface area contributed by atoms with Crippen LogP contribution in [0.2, 0.25) is 0 Å². The van der Waals surface area contributed by atoms with Crippen molar-refractivity contribution in [3.05, 3.63) is 103 Å². The lowest BCUT2D eigenvalue weighted by Crippen LogP contribution is -2.00. The molecule has 0 amide bonds. The third kappa shape index (κ3) is 3.41. The van der Waals surface area contributed by atoms with Crippen molar-refractivity contribution in [1.29, 1.82) is 0 Å². The maximum absolute atomic E-state index is 2.27. The van der Waals surface area contributed by atoms with Crippen molar-refractivity contribution in [2.45, 2.75) is 0 Å². The molecule has 0 fully saturated rings. The summed E-state index contributed by atoms with van der Waals surface area (Å²) in [5.74, 6) is 0. The molecule has 0 aromatic heterocycles. The van der Waals surface area contributed by atoms with Crippen LogP contribution in [0.1, 0.15) is 0 Å². The average Bonchev–Trinajstić information content (AvgIpc) is 2.69. The van der Waals surface area contributed by atoms with Gasteiger partial charge in [-0.25, -0.2) is 0 Å². The van der Waals surface area contributed by atoms with Crippen molar-refractivity contribution < 1.29 is 0 Å². The molecule has 0 saturated carbocycles. The van der Waals surface area contributed by atoms with Gasteiger partial charge in [-0.15, -0.1) is 0 Å². The van der Waals surface area contributed by atoms with Crippen LogP contribution in [0, 0.1) is 0 Å². The maximum atomic E-state index is 2.27. The van der Waals surface area contributed by atoms with Gasteiger partial charge in [-0.2, -0.15) is 0 Å². The minimum absolute atomic E-state index is 1.24. The largest absolute Gasteiger partial charge is 0.139 e. The lowest BCUT2D eigenvalue weighted by Gasteiger charge is -2.08. The Kier molecular flexibility index (Phi) is 4.22. The van der Waals surface area contributed by atoms with Crippen LogP contribution in [0.15, 0.2) is 103 Å². The molecule has 4 aromatic rings. The van der Waals surface area contributed by atoms with Crippen molar-refractivity contribution in [2.24, 2.45) is 0 Å². The molecule has 0 atom stereocenters. The molecule has 0 aliphatic carbocycles. The van der Waals surface area contributed by atoms with Crippen LogP contribution in [0.3, 0.4) is 0 Å². The molecule has 0 aliphatic rings. The molecule has 0 aliphatic heterocycles. The van der Waals surface area contributed by atoms with Crippen molar-refractivity contribution >= 4 is 13.3 Å². The Morgan fingerprint density at radius 3 is 1.44 bits per heavy atom. The molecule has 0 N–H and O–H groups in total. The summed E-state index contributed by atoms with van der Waals surface area (Å²) in [7, 11) is 2.13. The van der Waals surface area contributed by atoms with Crippen molar-refractivity contribution in [3.63, 3.8) is 0 Å². The molecule has 0 nitrogen and oxygen atoms in total. The SMILES string of the molecule is Bc1cccc(-c2cccc(-c3ccc(-c4ccccc4)cc3)c2)c1. The fourth-order valence-electron chi connectivity index (χ4n) is 3.19. The third-order valence-electron chi connectivity index (χ3n) is 4.54. The predicted octanol–water partition coefficient (Wildman–Crippen LogP) is 4.95. The standard InChI is InChI=1S/C24H19B/c25-24-11-5-10-23(17-24)22-9-4-8-21(16-22)20-14-12-19(13-15-20)18-6-2-1-3-7-18/h1-17H,25H2. The van der Waals surface area contributed by atoms with Gasteiger partial charge in [0.05, 0.1) is 0 Å². The fraction of sp³-hybridized carbons (Fsp3) is 0. The van der Waals surface area contributed by atoms with E-state index in [4.69, 9.17) is 0 Å². The highest BCUT2D eigenvalue weighted by Gasteiger charge is 2.03. The van der Waals surface area contributed by atoms with E-state index in [1.807, 2.05) is 0 Å². The second-order valence-corrected chi connectivity index (χ2v) is 6.39. The van der Waals surface area contributed by atoms with E-state index in [-0.39, 0.29) is 0 Å². The Labute approximate surface area is 150 Å². The summed E-state index contributed by atoms with van der Waals surface area (Å²) in [6.45, 7) is 0. The summed E-state index contributed by atoms with van der Waals surface area (Å²) in [6.07, 6.45) is 0. The van der Waals surface area contributed by atoms with Gasteiger partial charge in [0.2, 0.25) is 0 Å². The molecule has 0 bridgehead atoms. The number of rotatable bonds is 3. The third-order valence-corrected chi connectivity index (χ3v) is 4.54. The summed E-state index contributed by atoms with van der Waals surface area (Å²) in [5, 5.41) is 0.